The van der Waals surface area contributed by atoms with Crippen molar-refractivity contribution in [3.8, 4) is 22.6 Å². The average Bonchev–Trinajstić information content (AvgIpc) is 3.54. The van der Waals surface area contributed by atoms with Crippen LogP contribution >= 0.6 is 11.6 Å². The van der Waals surface area contributed by atoms with E-state index in [0.717, 1.165) is 40.5 Å². The van der Waals surface area contributed by atoms with Gasteiger partial charge in [0.05, 0.1) is 18.1 Å². The fourth-order valence-corrected chi connectivity index (χ4v) is 7.75. The molecule has 2 fully saturated rings. The van der Waals surface area contributed by atoms with Crippen LogP contribution < -0.4 is 9.47 Å². The molecule has 0 aromatic heterocycles. The van der Waals surface area contributed by atoms with Crippen LogP contribution in [0, 0.1) is 0 Å². The number of methoxy groups -OCH3 is 1. The van der Waals surface area contributed by atoms with Crippen LogP contribution in [0.5, 0.6) is 11.5 Å². The van der Waals surface area contributed by atoms with Crippen LogP contribution in [0.3, 0.4) is 0 Å². The third kappa shape index (κ3) is 6.51. The Hall–Kier alpha value is -3.59. The van der Waals surface area contributed by atoms with E-state index in [0.29, 0.717) is 17.2 Å². The average molecular weight is 620 g/mol. The van der Waals surface area contributed by atoms with Gasteiger partial charge in [-0.2, -0.15) is 4.31 Å². The summed E-state index contributed by atoms with van der Waals surface area (Å²) in [6, 6.07) is 25.0. The summed E-state index contributed by atoms with van der Waals surface area (Å²) in [5.41, 5.74) is 2.05. The van der Waals surface area contributed by atoms with Crippen molar-refractivity contribution in [2.24, 2.45) is 0 Å². The Morgan fingerprint density at radius 1 is 0.767 bits per heavy atom. The molecular formula is C34H34ClNO6S. The van der Waals surface area contributed by atoms with Crippen LogP contribution in [0.1, 0.15) is 38.5 Å². The van der Waals surface area contributed by atoms with E-state index in [-0.39, 0.29) is 30.1 Å². The fraction of sp³-hybridized carbons (Fsp3) is 0.324. The number of rotatable bonds is 8. The second-order valence-corrected chi connectivity index (χ2v) is 13.5. The normalized spacial score (nSPS) is 19.8. The van der Waals surface area contributed by atoms with Gasteiger partial charge in [0.2, 0.25) is 10.0 Å². The molecule has 0 spiro atoms. The van der Waals surface area contributed by atoms with Gasteiger partial charge in [-0.05, 0) is 103 Å². The summed E-state index contributed by atoms with van der Waals surface area (Å²) in [6.07, 6.45) is 5.01. The van der Waals surface area contributed by atoms with Gasteiger partial charge >= 0.3 is 5.97 Å². The molecule has 1 aliphatic heterocycles. The topological polar surface area (TPSA) is 82.1 Å². The Kier molecular flexibility index (Phi) is 8.61. The number of carbonyl (C=O) groups excluding carboxylic acids is 1. The second-order valence-electron chi connectivity index (χ2n) is 11.1. The van der Waals surface area contributed by atoms with Crippen molar-refractivity contribution in [1.82, 2.24) is 4.31 Å². The minimum Gasteiger partial charge on any atom is -0.490 e. The predicted octanol–water partition coefficient (Wildman–Crippen LogP) is 7.26. The zero-order valence-electron chi connectivity index (χ0n) is 23.9. The van der Waals surface area contributed by atoms with E-state index in [1.807, 2.05) is 66.7 Å². The van der Waals surface area contributed by atoms with Gasteiger partial charge < -0.3 is 14.2 Å². The van der Waals surface area contributed by atoms with E-state index in [1.54, 1.807) is 18.2 Å². The Morgan fingerprint density at radius 2 is 1.37 bits per heavy atom. The summed E-state index contributed by atoms with van der Waals surface area (Å²) in [5.74, 6) is 0.834. The highest BCUT2D eigenvalue weighted by atomic mass is 35.5. The van der Waals surface area contributed by atoms with Crippen molar-refractivity contribution in [1.29, 1.82) is 0 Å². The Morgan fingerprint density at radius 3 is 2.07 bits per heavy atom. The lowest BCUT2D eigenvalue weighted by Gasteiger charge is -2.36. The van der Waals surface area contributed by atoms with Crippen molar-refractivity contribution >= 4 is 38.4 Å². The van der Waals surface area contributed by atoms with E-state index in [9.17, 15) is 13.2 Å². The first-order chi connectivity index (χ1) is 20.8. The van der Waals surface area contributed by atoms with Crippen LogP contribution in [0.25, 0.3) is 21.9 Å². The van der Waals surface area contributed by atoms with Crippen molar-refractivity contribution in [3.05, 3.63) is 90.0 Å². The number of ether oxygens (including phenoxy) is 3. The van der Waals surface area contributed by atoms with Gasteiger partial charge in [0.15, 0.2) is 0 Å². The number of esters is 1. The molecule has 43 heavy (non-hydrogen) atoms. The number of hydrogen-bond donors (Lipinski definition) is 0. The molecule has 2 aliphatic rings. The number of carbonyl (C=O) groups is 1. The number of sulfonamides is 1. The number of piperidine rings is 1. The first kappa shape index (κ1) is 29.5. The molecule has 0 radical (unpaired) electrons. The summed E-state index contributed by atoms with van der Waals surface area (Å²) in [6.45, 7) is 0.127. The molecule has 4 aromatic carbocycles. The van der Waals surface area contributed by atoms with Gasteiger partial charge in [0.1, 0.15) is 23.6 Å². The number of hydrogen-bond acceptors (Lipinski definition) is 6. The summed E-state index contributed by atoms with van der Waals surface area (Å²) in [5, 5.41) is 2.36. The van der Waals surface area contributed by atoms with Gasteiger partial charge in [-0.15, -0.1) is 0 Å². The van der Waals surface area contributed by atoms with E-state index in [4.69, 9.17) is 25.8 Å². The zero-order valence-corrected chi connectivity index (χ0v) is 25.5. The first-order valence-corrected chi connectivity index (χ1v) is 16.4. The van der Waals surface area contributed by atoms with E-state index in [1.165, 1.54) is 24.3 Å². The van der Waals surface area contributed by atoms with Gasteiger partial charge in [-0.3, -0.25) is 4.79 Å². The van der Waals surface area contributed by atoms with Crippen LogP contribution in [-0.4, -0.2) is 50.6 Å². The highest BCUT2D eigenvalue weighted by molar-refractivity contribution is 7.89. The number of nitrogens with zero attached hydrogens (tertiary/aromatic N) is 1. The van der Waals surface area contributed by atoms with Crippen LogP contribution in [-0.2, 0) is 19.6 Å². The van der Waals surface area contributed by atoms with E-state index < -0.39 is 22.0 Å². The lowest BCUT2D eigenvalue weighted by molar-refractivity contribution is -0.147. The van der Waals surface area contributed by atoms with Gasteiger partial charge in [0, 0.05) is 18.0 Å². The fourth-order valence-electron chi connectivity index (χ4n) is 5.99. The van der Waals surface area contributed by atoms with Crippen molar-refractivity contribution < 1.29 is 27.4 Å². The monoisotopic (exact) mass is 619 g/mol. The highest BCUT2D eigenvalue weighted by Gasteiger charge is 2.42. The summed E-state index contributed by atoms with van der Waals surface area (Å²) in [7, 11) is -2.71. The van der Waals surface area contributed by atoms with Crippen LogP contribution in [0.2, 0.25) is 5.02 Å². The lowest BCUT2D eigenvalue weighted by atomic mass is 10.0. The molecule has 1 saturated heterocycles. The maximum Gasteiger partial charge on any atom is 0.324 e. The summed E-state index contributed by atoms with van der Waals surface area (Å²) in [4.78, 5) is 13.0. The lowest BCUT2D eigenvalue weighted by Crippen LogP contribution is -2.52. The van der Waals surface area contributed by atoms with E-state index >= 15 is 0 Å². The third-order valence-corrected chi connectivity index (χ3v) is 10.5. The van der Waals surface area contributed by atoms with Gasteiger partial charge in [0.25, 0.3) is 0 Å². The first-order valence-electron chi connectivity index (χ1n) is 14.6. The largest absolute Gasteiger partial charge is 0.490 e. The van der Waals surface area contributed by atoms with Crippen LogP contribution in [0.15, 0.2) is 89.8 Å². The standard InChI is InChI=1S/C34H34ClNO6S/c1-40-34(37)33-22-31(42-29-14-8-24(9-15-29)23-6-12-27(35)13-7-23)18-19-36(33)43(38,39)32-17-11-25-20-30(16-10-26(25)21-32)41-28-4-2-3-5-28/h6-17,20-21,28,31,33H,2-5,18-19,22H2,1H3/t31-,33-/m1/s1. The summed E-state index contributed by atoms with van der Waals surface area (Å²) < 4.78 is 46.3. The molecule has 0 unspecified atom stereocenters. The molecule has 0 N–H and O–H groups in total. The molecule has 0 amide bonds. The third-order valence-electron chi connectivity index (χ3n) is 8.31. The predicted molar refractivity (Wildman–Crippen MR) is 167 cm³/mol. The molecule has 7 nitrogen and oxygen atoms in total. The maximum atomic E-state index is 13.9. The number of halogens is 1. The molecule has 2 atom stereocenters. The molecule has 1 aliphatic carbocycles. The van der Waals surface area contributed by atoms with Crippen molar-refractivity contribution in [2.75, 3.05) is 13.7 Å². The molecule has 224 valence electrons. The number of benzene rings is 4. The van der Waals surface area contributed by atoms with Gasteiger partial charge in [-0.1, -0.05) is 48.0 Å². The van der Waals surface area contributed by atoms with Crippen molar-refractivity contribution in [3.63, 3.8) is 0 Å². The minimum absolute atomic E-state index is 0.127. The Bertz CT molecular complexity index is 1700. The highest BCUT2D eigenvalue weighted by Crippen LogP contribution is 2.33. The van der Waals surface area contributed by atoms with Crippen LogP contribution in [0.4, 0.5) is 0 Å². The quantitative estimate of drug-likeness (QED) is 0.193. The zero-order chi connectivity index (χ0) is 30.0. The second kappa shape index (κ2) is 12.6. The Balaban J connectivity index is 1.16. The van der Waals surface area contributed by atoms with Crippen molar-refractivity contribution in [2.45, 2.75) is 61.7 Å². The molecule has 9 heteroatoms. The smallest absolute Gasteiger partial charge is 0.324 e. The maximum absolute atomic E-state index is 13.9. The molecule has 6 rings (SSSR count). The number of fused-ring (bicyclic) bond motifs is 1. The molecule has 0 bridgehead atoms. The van der Waals surface area contributed by atoms with Gasteiger partial charge in [-0.25, -0.2) is 8.42 Å². The molecule has 1 saturated carbocycles. The Labute approximate surface area is 257 Å². The molecule has 1 heterocycles. The minimum atomic E-state index is -3.99. The van der Waals surface area contributed by atoms with E-state index in [2.05, 4.69) is 0 Å². The SMILES string of the molecule is COC(=O)[C@H]1C[C@H](Oc2ccc(-c3ccc(Cl)cc3)cc2)CCN1S(=O)(=O)c1ccc2cc(OC3CCCC3)ccc2c1. The molecular weight excluding hydrogens is 586 g/mol. The molecule has 4 aromatic rings. The summed E-state index contributed by atoms with van der Waals surface area (Å²) >= 11 is 6.00.